The summed E-state index contributed by atoms with van der Waals surface area (Å²) in [5.41, 5.74) is 3.29. The maximum Gasteiger partial charge on any atom is 0.276 e. The first kappa shape index (κ1) is 20.7. The number of aromatic nitrogens is 2. The number of unbranched alkanes of at least 4 members (excludes halogenated alkanes) is 1. The highest BCUT2D eigenvalue weighted by molar-refractivity contribution is 6.03. The molecule has 1 heterocycles. The van der Waals surface area contributed by atoms with E-state index in [4.69, 9.17) is 0 Å². The van der Waals surface area contributed by atoms with Crippen LogP contribution in [0.25, 0.3) is 0 Å². The third-order valence-electron chi connectivity index (χ3n) is 4.71. The highest BCUT2D eigenvalue weighted by Gasteiger charge is 2.12. The number of nitrogens with zero attached hydrogens (tertiary/aromatic N) is 4. The Kier molecular flexibility index (Phi) is 7.58. The summed E-state index contributed by atoms with van der Waals surface area (Å²) in [6.45, 7) is 11.3. The lowest BCUT2D eigenvalue weighted by molar-refractivity contribution is 0.102. The van der Waals surface area contributed by atoms with Gasteiger partial charge in [0.2, 0.25) is 0 Å². The van der Waals surface area contributed by atoms with Crippen molar-refractivity contribution in [3.63, 3.8) is 0 Å². The van der Waals surface area contributed by atoms with Gasteiger partial charge in [-0.3, -0.25) is 4.79 Å². The Morgan fingerprint density at radius 1 is 1.07 bits per heavy atom. The summed E-state index contributed by atoms with van der Waals surface area (Å²) >= 11 is 0. The summed E-state index contributed by atoms with van der Waals surface area (Å²) in [6, 6.07) is 9.64. The minimum Gasteiger partial charge on any atom is -0.372 e. The minimum atomic E-state index is -0.246. The molecule has 27 heavy (non-hydrogen) atoms. The average Bonchev–Trinajstić information content (AvgIpc) is 2.69. The zero-order valence-electron chi connectivity index (χ0n) is 17.1. The number of carbonyl (C=O) groups is 1. The zero-order valence-corrected chi connectivity index (χ0v) is 17.1. The van der Waals surface area contributed by atoms with Crippen LogP contribution in [0.4, 0.5) is 17.2 Å². The first-order chi connectivity index (χ1) is 13.0. The molecule has 0 aliphatic rings. The lowest BCUT2D eigenvalue weighted by Crippen LogP contribution is -2.22. The monoisotopic (exact) mass is 369 g/mol. The quantitative estimate of drug-likeness (QED) is 0.720. The van der Waals surface area contributed by atoms with Crippen LogP contribution in [-0.2, 0) is 0 Å². The van der Waals surface area contributed by atoms with Crippen molar-refractivity contribution in [2.75, 3.05) is 41.8 Å². The first-order valence-electron chi connectivity index (χ1n) is 9.71. The Morgan fingerprint density at radius 2 is 1.81 bits per heavy atom. The number of amides is 1. The molecule has 1 aromatic carbocycles. The molecule has 0 saturated carbocycles. The predicted octanol–water partition coefficient (Wildman–Crippen LogP) is 4.12. The van der Waals surface area contributed by atoms with Crippen LogP contribution in [0.5, 0.6) is 0 Å². The molecule has 0 aliphatic heterocycles. The van der Waals surface area contributed by atoms with E-state index in [-0.39, 0.29) is 5.91 Å². The summed E-state index contributed by atoms with van der Waals surface area (Å²) in [5.74, 6) is 0.531. The van der Waals surface area contributed by atoms with Gasteiger partial charge in [-0.25, -0.2) is 0 Å². The van der Waals surface area contributed by atoms with Crippen molar-refractivity contribution in [2.24, 2.45) is 0 Å². The lowest BCUT2D eigenvalue weighted by atomic mass is 10.1. The molecule has 1 aromatic heterocycles. The Balaban J connectivity index is 2.06. The highest BCUT2D eigenvalue weighted by Crippen LogP contribution is 2.23. The topological polar surface area (TPSA) is 61.4 Å². The van der Waals surface area contributed by atoms with E-state index in [1.807, 2.05) is 37.1 Å². The molecule has 0 fully saturated rings. The number of anilines is 3. The van der Waals surface area contributed by atoms with Crippen molar-refractivity contribution in [3.05, 3.63) is 41.6 Å². The van der Waals surface area contributed by atoms with Crippen LogP contribution >= 0.6 is 0 Å². The Morgan fingerprint density at radius 3 is 2.37 bits per heavy atom. The van der Waals surface area contributed by atoms with Crippen LogP contribution < -0.4 is 15.1 Å². The smallest absolute Gasteiger partial charge is 0.276 e. The largest absolute Gasteiger partial charge is 0.372 e. The van der Waals surface area contributed by atoms with Gasteiger partial charge in [-0.1, -0.05) is 13.3 Å². The van der Waals surface area contributed by atoms with Gasteiger partial charge >= 0.3 is 0 Å². The van der Waals surface area contributed by atoms with Crippen LogP contribution in [0.15, 0.2) is 30.3 Å². The van der Waals surface area contributed by atoms with Gasteiger partial charge in [0.1, 0.15) is 0 Å². The van der Waals surface area contributed by atoms with Gasteiger partial charge in [0.25, 0.3) is 5.91 Å². The molecule has 2 rings (SSSR count). The molecule has 0 unspecified atom stereocenters. The first-order valence-corrected chi connectivity index (χ1v) is 9.71. The van der Waals surface area contributed by atoms with Crippen LogP contribution in [-0.4, -0.2) is 42.8 Å². The van der Waals surface area contributed by atoms with Crippen molar-refractivity contribution < 1.29 is 4.79 Å². The van der Waals surface area contributed by atoms with E-state index in [0.29, 0.717) is 5.69 Å². The molecule has 6 nitrogen and oxygen atoms in total. The van der Waals surface area contributed by atoms with E-state index in [0.717, 1.165) is 55.2 Å². The molecule has 0 spiro atoms. The van der Waals surface area contributed by atoms with Crippen molar-refractivity contribution in [2.45, 2.75) is 40.5 Å². The summed E-state index contributed by atoms with van der Waals surface area (Å²) in [5, 5.41) is 11.2. The van der Waals surface area contributed by atoms with Crippen molar-refractivity contribution in [3.8, 4) is 0 Å². The van der Waals surface area contributed by atoms with Gasteiger partial charge in [0.05, 0.1) is 0 Å². The molecular weight excluding hydrogens is 338 g/mol. The number of rotatable bonds is 9. The number of aryl methyl sites for hydroxylation is 1. The molecule has 0 saturated heterocycles. The molecule has 2 aromatic rings. The maximum atomic E-state index is 12.5. The highest BCUT2D eigenvalue weighted by atomic mass is 16.1. The summed E-state index contributed by atoms with van der Waals surface area (Å²) in [7, 11) is 1.99. The van der Waals surface area contributed by atoms with E-state index in [1.54, 1.807) is 6.07 Å². The molecular formula is C21H31N5O. The Bertz CT molecular complexity index is 741. The van der Waals surface area contributed by atoms with Crippen LogP contribution in [0.2, 0.25) is 0 Å². The second-order valence-electron chi connectivity index (χ2n) is 6.68. The molecule has 0 radical (unpaired) electrons. The normalized spacial score (nSPS) is 10.6. The summed E-state index contributed by atoms with van der Waals surface area (Å²) in [6.07, 6.45) is 2.23. The minimum absolute atomic E-state index is 0.246. The lowest BCUT2D eigenvalue weighted by Gasteiger charge is -2.22. The molecule has 0 bridgehead atoms. The number of carbonyl (C=O) groups excluding carboxylic acids is 1. The van der Waals surface area contributed by atoms with E-state index in [9.17, 15) is 4.79 Å². The number of benzene rings is 1. The van der Waals surface area contributed by atoms with Gasteiger partial charge in [-0.05, 0) is 63.1 Å². The van der Waals surface area contributed by atoms with E-state index >= 15 is 0 Å². The predicted molar refractivity (Wildman–Crippen MR) is 113 cm³/mol. The fourth-order valence-electron chi connectivity index (χ4n) is 2.92. The second-order valence-corrected chi connectivity index (χ2v) is 6.68. The van der Waals surface area contributed by atoms with Crippen molar-refractivity contribution in [1.29, 1.82) is 0 Å². The van der Waals surface area contributed by atoms with E-state index in [2.05, 4.69) is 47.3 Å². The number of hydrogen-bond donors (Lipinski definition) is 1. The van der Waals surface area contributed by atoms with E-state index in [1.165, 1.54) is 0 Å². The van der Waals surface area contributed by atoms with Crippen molar-refractivity contribution in [1.82, 2.24) is 10.2 Å². The number of nitrogens with one attached hydrogen (secondary N) is 1. The molecule has 1 N–H and O–H groups in total. The van der Waals surface area contributed by atoms with Crippen LogP contribution in [0.3, 0.4) is 0 Å². The van der Waals surface area contributed by atoms with Crippen LogP contribution in [0.1, 0.15) is 49.7 Å². The molecule has 146 valence electrons. The second kappa shape index (κ2) is 9.90. The Labute approximate surface area is 162 Å². The fourth-order valence-corrected chi connectivity index (χ4v) is 2.92. The van der Waals surface area contributed by atoms with Gasteiger partial charge in [-0.2, -0.15) is 0 Å². The number of hydrogen-bond acceptors (Lipinski definition) is 5. The SMILES string of the molecule is CCCCN(C)c1ccc(C(=O)Nc2ccc(N(CC)CC)cc2C)nn1. The third kappa shape index (κ3) is 5.42. The fraction of sp³-hybridized carbons (Fsp3) is 0.476. The van der Waals surface area contributed by atoms with Crippen molar-refractivity contribution >= 4 is 23.1 Å². The summed E-state index contributed by atoms with van der Waals surface area (Å²) < 4.78 is 0. The molecule has 6 heteroatoms. The maximum absolute atomic E-state index is 12.5. The third-order valence-corrected chi connectivity index (χ3v) is 4.71. The standard InChI is InChI=1S/C21H31N5O/c1-6-9-14-25(5)20-13-12-19(23-24-20)21(27)22-18-11-10-17(15-16(18)4)26(7-2)8-3/h10-13,15H,6-9,14H2,1-5H3,(H,22,27). The van der Waals surface area contributed by atoms with Gasteiger partial charge in [-0.15, -0.1) is 10.2 Å². The van der Waals surface area contributed by atoms with Crippen LogP contribution in [0, 0.1) is 6.92 Å². The molecule has 0 aliphatic carbocycles. The average molecular weight is 370 g/mol. The molecule has 1 amide bonds. The summed E-state index contributed by atoms with van der Waals surface area (Å²) in [4.78, 5) is 16.8. The van der Waals surface area contributed by atoms with Gasteiger partial charge in [0, 0.05) is 38.1 Å². The van der Waals surface area contributed by atoms with E-state index < -0.39 is 0 Å². The molecule has 0 atom stereocenters. The zero-order chi connectivity index (χ0) is 19.8. The Hall–Kier alpha value is -2.63. The van der Waals surface area contributed by atoms with Gasteiger partial charge in [0.15, 0.2) is 11.5 Å². The van der Waals surface area contributed by atoms with Gasteiger partial charge < -0.3 is 15.1 Å².